The number of nitro benzene ring substituents is 1. The van der Waals surface area contributed by atoms with Crippen LogP contribution in [0.3, 0.4) is 0 Å². The molecule has 6 nitrogen and oxygen atoms in total. The Morgan fingerprint density at radius 3 is 2.35 bits per heavy atom. The lowest BCUT2D eigenvalue weighted by Crippen LogP contribution is -2.16. The van der Waals surface area contributed by atoms with Crippen molar-refractivity contribution in [1.29, 1.82) is 0 Å². The highest BCUT2D eigenvalue weighted by Gasteiger charge is 2.30. The Balaban J connectivity index is 1.72. The third-order valence-corrected chi connectivity index (χ3v) is 4.31. The number of nitrogens with one attached hydrogen (secondary N) is 1. The number of hydrogen-bond donors (Lipinski definition) is 1. The van der Waals surface area contributed by atoms with E-state index in [2.05, 4.69) is 5.32 Å². The molecule has 3 aromatic carbocycles. The summed E-state index contributed by atoms with van der Waals surface area (Å²) in [7, 11) is 0. The molecule has 3 aromatic rings. The summed E-state index contributed by atoms with van der Waals surface area (Å²) in [6.45, 7) is 0. The Hall–Kier alpha value is -3.80. The van der Waals surface area contributed by atoms with Gasteiger partial charge in [-0.1, -0.05) is 42.5 Å². The Morgan fingerprint density at radius 1 is 0.885 bits per heavy atom. The first kappa shape index (κ1) is 15.7. The predicted molar refractivity (Wildman–Crippen MR) is 96.4 cm³/mol. The Morgan fingerprint density at radius 2 is 1.58 bits per heavy atom. The van der Waals surface area contributed by atoms with Crippen LogP contribution in [0.5, 0.6) is 0 Å². The van der Waals surface area contributed by atoms with Crippen LogP contribution in [0, 0.1) is 10.1 Å². The van der Waals surface area contributed by atoms with Crippen molar-refractivity contribution in [3.63, 3.8) is 0 Å². The highest BCUT2D eigenvalue weighted by molar-refractivity contribution is 6.26. The fraction of sp³-hybridized carbons (Fsp3) is 0. The Labute approximate surface area is 148 Å². The monoisotopic (exact) mass is 344 g/mol. The largest absolute Gasteiger partial charge is 0.322 e. The molecule has 6 heteroatoms. The van der Waals surface area contributed by atoms with Crippen LogP contribution in [-0.2, 0) is 0 Å². The molecule has 0 fully saturated rings. The number of nitrogens with zero attached hydrogens (tertiary/aromatic N) is 1. The van der Waals surface area contributed by atoms with Crippen molar-refractivity contribution in [2.75, 3.05) is 5.32 Å². The molecule has 0 unspecified atom stereocenters. The molecule has 1 aliphatic carbocycles. The number of ketones is 1. The minimum Gasteiger partial charge on any atom is -0.322 e. The van der Waals surface area contributed by atoms with E-state index < -0.39 is 10.8 Å². The van der Waals surface area contributed by atoms with Gasteiger partial charge in [0.15, 0.2) is 5.78 Å². The lowest BCUT2D eigenvalue weighted by atomic mass is 10.00. The molecule has 126 valence electrons. The van der Waals surface area contributed by atoms with Gasteiger partial charge in [0.1, 0.15) is 0 Å². The van der Waals surface area contributed by atoms with E-state index in [1.165, 1.54) is 18.2 Å². The molecule has 1 aliphatic rings. The molecule has 1 N–H and O–H groups in total. The zero-order chi connectivity index (χ0) is 18.3. The van der Waals surface area contributed by atoms with E-state index in [0.29, 0.717) is 16.8 Å². The number of anilines is 1. The number of rotatable bonds is 3. The van der Waals surface area contributed by atoms with Gasteiger partial charge in [0, 0.05) is 28.9 Å². The van der Waals surface area contributed by atoms with Crippen molar-refractivity contribution in [2.24, 2.45) is 0 Å². The number of non-ortho nitro benzene ring substituents is 1. The minimum atomic E-state index is -0.532. The first-order valence-electron chi connectivity index (χ1n) is 7.89. The molecular weight excluding hydrogens is 332 g/mol. The molecule has 0 radical (unpaired) electrons. The van der Waals surface area contributed by atoms with Gasteiger partial charge in [-0.15, -0.1) is 0 Å². The normalized spacial score (nSPS) is 11.6. The molecule has 0 heterocycles. The summed E-state index contributed by atoms with van der Waals surface area (Å²) < 4.78 is 0. The molecule has 1 amide bonds. The quantitative estimate of drug-likeness (QED) is 0.448. The van der Waals surface area contributed by atoms with Crippen LogP contribution in [0.1, 0.15) is 26.3 Å². The van der Waals surface area contributed by atoms with E-state index in [1.807, 2.05) is 18.2 Å². The number of amides is 1. The molecule has 0 bridgehead atoms. The molecule has 0 aliphatic heterocycles. The maximum Gasteiger partial charge on any atom is 0.271 e. The minimum absolute atomic E-state index is 0.121. The second-order valence-electron chi connectivity index (χ2n) is 5.86. The van der Waals surface area contributed by atoms with Crippen LogP contribution in [0.15, 0.2) is 66.7 Å². The molecule has 0 atom stereocenters. The summed E-state index contributed by atoms with van der Waals surface area (Å²) in [5, 5.41) is 13.5. The van der Waals surface area contributed by atoms with Crippen molar-refractivity contribution in [3.8, 4) is 11.1 Å². The number of carbonyl (C=O) groups is 2. The van der Waals surface area contributed by atoms with E-state index in [-0.39, 0.29) is 17.0 Å². The second-order valence-corrected chi connectivity index (χ2v) is 5.86. The van der Waals surface area contributed by atoms with Crippen molar-refractivity contribution in [3.05, 3.63) is 93.5 Å². The molecule has 0 spiro atoms. The summed E-state index contributed by atoms with van der Waals surface area (Å²) in [4.78, 5) is 35.8. The summed E-state index contributed by atoms with van der Waals surface area (Å²) in [6, 6.07) is 18.0. The number of benzene rings is 3. The van der Waals surface area contributed by atoms with Gasteiger partial charge < -0.3 is 5.32 Å². The second kappa shape index (κ2) is 5.93. The average molecular weight is 344 g/mol. The van der Waals surface area contributed by atoms with Crippen LogP contribution < -0.4 is 5.32 Å². The van der Waals surface area contributed by atoms with E-state index in [4.69, 9.17) is 0 Å². The van der Waals surface area contributed by atoms with Crippen LogP contribution >= 0.6 is 0 Å². The van der Waals surface area contributed by atoms with Gasteiger partial charge in [0.2, 0.25) is 0 Å². The fourth-order valence-corrected chi connectivity index (χ4v) is 3.16. The van der Waals surface area contributed by atoms with Crippen molar-refractivity contribution in [2.45, 2.75) is 0 Å². The van der Waals surface area contributed by atoms with Crippen LogP contribution in [-0.4, -0.2) is 16.6 Å². The maximum absolute atomic E-state index is 12.7. The first-order valence-corrected chi connectivity index (χ1v) is 7.89. The number of nitro groups is 1. The van der Waals surface area contributed by atoms with Gasteiger partial charge in [-0.2, -0.15) is 0 Å². The highest BCUT2D eigenvalue weighted by Crippen LogP contribution is 2.38. The van der Waals surface area contributed by atoms with Crippen molar-refractivity contribution < 1.29 is 14.5 Å². The highest BCUT2D eigenvalue weighted by atomic mass is 16.6. The lowest BCUT2D eigenvalue weighted by Gasteiger charge is -2.09. The Kier molecular flexibility index (Phi) is 3.58. The molecular formula is C20H12N2O4. The summed E-state index contributed by atoms with van der Waals surface area (Å²) >= 11 is 0. The predicted octanol–water partition coefficient (Wildman–Crippen LogP) is 4.06. The van der Waals surface area contributed by atoms with Gasteiger partial charge in [-0.3, -0.25) is 19.7 Å². The fourth-order valence-electron chi connectivity index (χ4n) is 3.16. The van der Waals surface area contributed by atoms with Gasteiger partial charge in [-0.05, 0) is 23.3 Å². The third-order valence-electron chi connectivity index (χ3n) is 4.31. The molecule has 4 rings (SSSR count). The SMILES string of the molecule is O=C(Nc1cccc([N+](=O)[O-])c1)c1cccc2c1C(=O)c1ccccc1-2. The molecule has 0 saturated carbocycles. The van der Waals surface area contributed by atoms with E-state index in [1.54, 1.807) is 30.3 Å². The van der Waals surface area contributed by atoms with Crippen LogP contribution in [0.4, 0.5) is 11.4 Å². The first-order chi connectivity index (χ1) is 12.6. The number of hydrogen-bond acceptors (Lipinski definition) is 4. The van der Waals surface area contributed by atoms with Gasteiger partial charge in [0.25, 0.3) is 11.6 Å². The summed E-state index contributed by atoms with van der Waals surface area (Å²) in [5.41, 5.74) is 2.87. The van der Waals surface area contributed by atoms with Crippen LogP contribution in [0.25, 0.3) is 11.1 Å². The Bertz CT molecular complexity index is 1090. The maximum atomic E-state index is 12.7. The van der Waals surface area contributed by atoms with Gasteiger partial charge in [0.05, 0.1) is 10.5 Å². The smallest absolute Gasteiger partial charge is 0.271 e. The zero-order valence-electron chi connectivity index (χ0n) is 13.4. The van der Waals surface area contributed by atoms with E-state index in [0.717, 1.165) is 11.1 Å². The third kappa shape index (κ3) is 2.44. The van der Waals surface area contributed by atoms with E-state index >= 15 is 0 Å². The number of carbonyl (C=O) groups excluding carboxylic acids is 2. The molecule has 26 heavy (non-hydrogen) atoms. The van der Waals surface area contributed by atoms with Gasteiger partial charge >= 0.3 is 0 Å². The zero-order valence-corrected chi connectivity index (χ0v) is 13.4. The topological polar surface area (TPSA) is 89.3 Å². The molecule has 0 saturated heterocycles. The average Bonchev–Trinajstić information content (AvgIpc) is 2.95. The summed E-state index contributed by atoms with van der Waals surface area (Å²) in [5.74, 6) is -0.677. The molecule has 0 aromatic heterocycles. The summed E-state index contributed by atoms with van der Waals surface area (Å²) in [6.07, 6.45) is 0. The van der Waals surface area contributed by atoms with E-state index in [9.17, 15) is 19.7 Å². The standard InChI is InChI=1S/C20H12N2O4/c23-19-16-8-2-1-7-14(16)15-9-4-10-17(18(15)19)20(24)21-12-5-3-6-13(11-12)22(25)26/h1-11H,(H,21,24). The van der Waals surface area contributed by atoms with Crippen molar-refractivity contribution in [1.82, 2.24) is 0 Å². The van der Waals surface area contributed by atoms with Gasteiger partial charge in [-0.25, -0.2) is 0 Å². The van der Waals surface area contributed by atoms with Crippen LogP contribution in [0.2, 0.25) is 0 Å². The number of fused-ring (bicyclic) bond motifs is 3. The lowest BCUT2D eigenvalue weighted by molar-refractivity contribution is -0.384. The van der Waals surface area contributed by atoms with Crippen molar-refractivity contribution >= 4 is 23.1 Å².